The van der Waals surface area contributed by atoms with Gasteiger partial charge in [0.1, 0.15) is 5.82 Å². The van der Waals surface area contributed by atoms with E-state index in [4.69, 9.17) is 5.73 Å². The van der Waals surface area contributed by atoms with E-state index in [2.05, 4.69) is 26.2 Å². The highest BCUT2D eigenvalue weighted by atomic mass is 79.9. The molecular formula is C15H16BrN3O. The SMILES string of the molecule is Cc1nc(NC(=O)Cc2ccccc2CN)ccc1Br. The first-order valence-electron chi connectivity index (χ1n) is 6.30. The predicted molar refractivity (Wildman–Crippen MR) is 83.3 cm³/mol. The second-order valence-electron chi connectivity index (χ2n) is 4.46. The zero-order valence-corrected chi connectivity index (χ0v) is 12.8. The molecule has 2 aromatic rings. The molecule has 2 rings (SSSR count). The number of carbonyl (C=O) groups excluding carboxylic acids is 1. The zero-order chi connectivity index (χ0) is 14.5. The fraction of sp³-hybridized carbons (Fsp3) is 0.200. The number of halogens is 1. The van der Waals surface area contributed by atoms with E-state index in [0.717, 1.165) is 21.3 Å². The molecular weight excluding hydrogens is 318 g/mol. The van der Waals surface area contributed by atoms with Crippen LogP contribution in [0.2, 0.25) is 0 Å². The Morgan fingerprint density at radius 2 is 1.95 bits per heavy atom. The van der Waals surface area contributed by atoms with Crippen LogP contribution < -0.4 is 11.1 Å². The number of hydrogen-bond donors (Lipinski definition) is 2. The minimum absolute atomic E-state index is 0.0971. The molecule has 1 amide bonds. The normalized spacial score (nSPS) is 10.3. The number of nitrogens with one attached hydrogen (secondary N) is 1. The molecule has 1 aromatic carbocycles. The number of hydrogen-bond acceptors (Lipinski definition) is 3. The van der Waals surface area contributed by atoms with E-state index in [0.29, 0.717) is 18.8 Å². The maximum atomic E-state index is 12.0. The van der Waals surface area contributed by atoms with Gasteiger partial charge in [-0.05, 0) is 46.1 Å². The molecule has 1 heterocycles. The summed E-state index contributed by atoms with van der Waals surface area (Å²) >= 11 is 3.38. The lowest BCUT2D eigenvalue weighted by Crippen LogP contribution is -2.17. The monoisotopic (exact) mass is 333 g/mol. The number of anilines is 1. The van der Waals surface area contributed by atoms with Crippen molar-refractivity contribution in [1.82, 2.24) is 4.98 Å². The van der Waals surface area contributed by atoms with Crippen molar-refractivity contribution >= 4 is 27.7 Å². The summed E-state index contributed by atoms with van der Waals surface area (Å²) in [4.78, 5) is 16.3. The Morgan fingerprint density at radius 3 is 2.60 bits per heavy atom. The van der Waals surface area contributed by atoms with E-state index < -0.39 is 0 Å². The Hall–Kier alpha value is -1.72. The van der Waals surface area contributed by atoms with Crippen LogP contribution in [-0.2, 0) is 17.8 Å². The first-order chi connectivity index (χ1) is 9.60. The first-order valence-corrected chi connectivity index (χ1v) is 7.09. The molecule has 1 aromatic heterocycles. The molecule has 20 heavy (non-hydrogen) atoms. The molecule has 0 spiro atoms. The molecule has 5 heteroatoms. The van der Waals surface area contributed by atoms with Crippen LogP contribution in [0.5, 0.6) is 0 Å². The van der Waals surface area contributed by atoms with Crippen LogP contribution in [0.3, 0.4) is 0 Å². The summed E-state index contributed by atoms with van der Waals surface area (Å²) in [6.07, 6.45) is 0.296. The first kappa shape index (κ1) is 14.7. The number of rotatable bonds is 4. The Balaban J connectivity index is 2.07. The van der Waals surface area contributed by atoms with Crippen LogP contribution in [0.4, 0.5) is 5.82 Å². The van der Waals surface area contributed by atoms with Crippen molar-refractivity contribution in [1.29, 1.82) is 0 Å². The van der Waals surface area contributed by atoms with Gasteiger partial charge in [-0.2, -0.15) is 0 Å². The van der Waals surface area contributed by atoms with Gasteiger partial charge < -0.3 is 11.1 Å². The van der Waals surface area contributed by atoms with E-state index in [-0.39, 0.29) is 5.91 Å². The Kier molecular flexibility index (Phi) is 4.87. The third-order valence-corrected chi connectivity index (χ3v) is 3.82. The van der Waals surface area contributed by atoms with E-state index in [1.165, 1.54) is 0 Å². The number of benzene rings is 1. The number of amides is 1. The third-order valence-electron chi connectivity index (χ3n) is 2.98. The summed E-state index contributed by atoms with van der Waals surface area (Å²) in [5, 5.41) is 2.80. The van der Waals surface area contributed by atoms with Gasteiger partial charge in [0.25, 0.3) is 0 Å². The maximum absolute atomic E-state index is 12.0. The lowest BCUT2D eigenvalue weighted by Gasteiger charge is -2.09. The summed E-state index contributed by atoms with van der Waals surface area (Å²) in [6, 6.07) is 11.3. The van der Waals surface area contributed by atoms with Crippen molar-refractivity contribution in [3.63, 3.8) is 0 Å². The zero-order valence-electron chi connectivity index (χ0n) is 11.2. The Bertz CT molecular complexity index is 628. The molecule has 0 saturated heterocycles. The van der Waals surface area contributed by atoms with Gasteiger partial charge in [0.2, 0.25) is 5.91 Å². The predicted octanol–water partition coefficient (Wildman–Crippen LogP) is 2.79. The van der Waals surface area contributed by atoms with Crippen LogP contribution in [0, 0.1) is 6.92 Å². The Labute approximate surface area is 126 Å². The van der Waals surface area contributed by atoms with Gasteiger partial charge in [0, 0.05) is 11.0 Å². The van der Waals surface area contributed by atoms with E-state index in [1.54, 1.807) is 6.07 Å². The van der Waals surface area contributed by atoms with E-state index in [9.17, 15) is 4.79 Å². The molecule has 0 fully saturated rings. The molecule has 0 saturated carbocycles. The van der Waals surface area contributed by atoms with E-state index >= 15 is 0 Å². The molecule has 104 valence electrons. The van der Waals surface area contributed by atoms with Crippen molar-refractivity contribution in [3.05, 3.63) is 57.7 Å². The average Bonchev–Trinajstić information content (AvgIpc) is 2.43. The molecule has 0 atom stereocenters. The van der Waals surface area contributed by atoms with Gasteiger partial charge in [-0.25, -0.2) is 4.98 Å². The van der Waals surface area contributed by atoms with Gasteiger partial charge in [-0.15, -0.1) is 0 Å². The fourth-order valence-electron chi connectivity index (χ4n) is 1.90. The number of aryl methyl sites for hydroxylation is 1. The molecule has 0 unspecified atom stereocenters. The quantitative estimate of drug-likeness (QED) is 0.903. The van der Waals surface area contributed by atoms with Crippen molar-refractivity contribution in [3.8, 4) is 0 Å². The molecule has 0 radical (unpaired) electrons. The largest absolute Gasteiger partial charge is 0.326 e. The van der Waals surface area contributed by atoms with Crippen molar-refractivity contribution in [2.45, 2.75) is 19.9 Å². The second-order valence-corrected chi connectivity index (χ2v) is 5.32. The average molecular weight is 334 g/mol. The number of nitrogens with zero attached hydrogens (tertiary/aromatic N) is 1. The van der Waals surface area contributed by atoms with Gasteiger partial charge >= 0.3 is 0 Å². The molecule has 0 bridgehead atoms. The van der Waals surface area contributed by atoms with Crippen LogP contribution >= 0.6 is 15.9 Å². The van der Waals surface area contributed by atoms with Crippen molar-refractivity contribution in [2.75, 3.05) is 5.32 Å². The smallest absolute Gasteiger partial charge is 0.229 e. The highest BCUT2D eigenvalue weighted by molar-refractivity contribution is 9.10. The van der Waals surface area contributed by atoms with Crippen LogP contribution in [0.15, 0.2) is 40.9 Å². The number of carbonyl (C=O) groups is 1. The molecule has 4 nitrogen and oxygen atoms in total. The second kappa shape index (κ2) is 6.63. The topological polar surface area (TPSA) is 68.0 Å². The standard InChI is InChI=1S/C15H16BrN3O/c1-10-13(16)6-7-14(18-10)19-15(20)8-11-4-2-3-5-12(11)9-17/h2-7H,8-9,17H2,1H3,(H,18,19,20). The van der Waals surface area contributed by atoms with Crippen molar-refractivity contribution in [2.24, 2.45) is 5.73 Å². The van der Waals surface area contributed by atoms with E-state index in [1.807, 2.05) is 37.3 Å². The summed E-state index contributed by atoms with van der Waals surface area (Å²) in [5.74, 6) is 0.459. The van der Waals surface area contributed by atoms with Gasteiger partial charge in [-0.1, -0.05) is 24.3 Å². The minimum Gasteiger partial charge on any atom is -0.326 e. The lowest BCUT2D eigenvalue weighted by atomic mass is 10.0. The maximum Gasteiger partial charge on any atom is 0.229 e. The van der Waals surface area contributed by atoms with Gasteiger partial charge in [0.05, 0.1) is 12.1 Å². The van der Waals surface area contributed by atoms with Gasteiger partial charge in [0.15, 0.2) is 0 Å². The molecule has 3 N–H and O–H groups in total. The minimum atomic E-state index is -0.0971. The number of aromatic nitrogens is 1. The summed E-state index contributed by atoms with van der Waals surface area (Å²) in [5.41, 5.74) is 8.44. The number of nitrogens with two attached hydrogens (primary N) is 1. The lowest BCUT2D eigenvalue weighted by molar-refractivity contribution is -0.115. The van der Waals surface area contributed by atoms with Crippen LogP contribution in [0.1, 0.15) is 16.8 Å². The summed E-state index contributed by atoms with van der Waals surface area (Å²) in [6.45, 7) is 2.31. The summed E-state index contributed by atoms with van der Waals surface area (Å²) in [7, 11) is 0. The molecule has 0 aliphatic rings. The third kappa shape index (κ3) is 3.65. The Morgan fingerprint density at radius 1 is 1.25 bits per heavy atom. The summed E-state index contributed by atoms with van der Waals surface area (Å²) < 4.78 is 0.920. The molecule has 0 aliphatic carbocycles. The van der Waals surface area contributed by atoms with Crippen LogP contribution in [0.25, 0.3) is 0 Å². The number of pyridine rings is 1. The fourth-order valence-corrected chi connectivity index (χ4v) is 2.12. The van der Waals surface area contributed by atoms with Crippen molar-refractivity contribution < 1.29 is 4.79 Å². The van der Waals surface area contributed by atoms with Gasteiger partial charge in [-0.3, -0.25) is 4.79 Å². The highest BCUT2D eigenvalue weighted by Gasteiger charge is 2.08. The van der Waals surface area contributed by atoms with Crippen LogP contribution in [-0.4, -0.2) is 10.9 Å². The highest BCUT2D eigenvalue weighted by Crippen LogP contribution is 2.16. The molecule has 0 aliphatic heterocycles.